The monoisotopic (exact) mass is 985 g/mol. The number of urea groups is 1. The van der Waals surface area contributed by atoms with E-state index in [4.69, 9.17) is 37.7 Å². The Morgan fingerprint density at radius 3 is 1.65 bits per heavy atom. The fourth-order valence-corrected chi connectivity index (χ4v) is 11.3. The third-order valence-corrected chi connectivity index (χ3v) is 14.8. The Hall–Kier alpha value is -6.52. The van der Waals surface area contributed by atoms with Crippen molar-refractivity contribution in [1.29, 1.82) is 0 Å². The number of hydrogen-bond acceptors (Lipinski definition) is 12. The van der Waals surface area contributed by atoms with Gasteiger partial charge in [-0.1, -0.05) is 115 Å². The molecule has 5 heterocycles. The van der Waals surface area contributed by atoms with Gasteiger partial charge in [-0.2, -0.15) is 5.10 Å². The van der Waals surface area contributed by atoms with Gasteiger partial charge >= 0.3 is 34.8 Å². The molecule has 0 radical (unpaired) electrons. The second-order valence-electron chi connectivity index (χ2n) is 19.2. The number of nitrogens with zero attached hydrogens (tertiary/aromatic N) is 5. The molecule has 0 spiro atoms. The zero-order valence-corrected chi connectivity index (χ0v) is 41.3. The summed E-state index contributed by atoms with van der Waals surface area (Å²) in [6.07, 6.45) is -0.477. The molecule has 4 fully saturated rings. The summed E-state index contributed by atoms with van der Waals surface area (Å²) in [5.74, 6) is 0.864. The minimum atomic E-state index is -3.93. The van der Waals surface area contributed by atoms with E-state index in [1.54, 1.807) is 66.0 Å². The third kappa shape index (κ3) is 10.7. The van der Waals surface area contributed by atoms with Crippen LogP contribution < -0.4 is 18.5 Å². The fourth-order valence-electron chi connectivity index (χ4n) is 10.00. The highest BCUT2D eigenvalue weighted by molar-refractivity contribution is 7.54. The normalized spacial score (nSPS) is 20.2. The van der Waals surface area contributed by atoms with Crippen LogP contribution in [0.3, 0.4) is 0 Å². The number of fused-ring (bicyclic) bond motifs is 2. The summed E-state index contributed by atoms with van der Waals surface area (Å²) in [4.78, 5) is 20.0. The van der Waals surface area contributed by atoms with Crippen LogP contribution in [-0.4, -0.2) is 101 Å². The number of amides is 2. The maximum atomic E-state index is 16.1. The molecule has 366 valence electrons. The molecule has 7 aromatic rings. The van der Waals surface area contributed by atoms with Crippen LogP contribution in [0.5, 0.6) is 17.2 Å². The standard InChI is InChI=1S/C53H55B3N5O10P/c1-53(2)68-49-47(31-38-17-8-4-9-18-38)58(33-40-21-16-26-44(29-40)65-37-72(64,70-42-22-12-6-13-23-42)71-43-24-14-7-15-25-43)52(62)59(48(50(49)69-53)32-39-19-10-5-11-20-39)34-41-27-28-46-45(30-41)51(57-61(46)54(3)63)60(55-35-66-55)56-36-67-56/h4-30,47-50,63H,31-37H2,1-3H3/t47-,48-,49+,50+/m1/s1. The number of aromatic nitrogens is 2. The molecule has 19 heteroatoms. The van der Waals surface area contributed by atoms with E-state index < -0.39 is 44.7 Å². The van der Waals surface area contributed by atoms with Crippen molar-refractivity contribution in [3.05, 3.63) is 186 Å². The van der Waals surface area contributed by atoms with Gasteiger partial charge in [-0.05, 0) is 104 Å². The van der Waals surface area contributed by atoms with Crippen LogP contribution in [0.4, 0.5) is 10.6 Å². The van der Waals surface area contributed by atoms with Gasteiger partial charge in [0.15, 0.2) is 5.79 Å². The Morgan fingerprint density at radius 1 is 0.681 bits per heavy atom. The molecule has 15 nitrogen and oxygen atoms in total. The number of benzene rings is 6. The minimum absolute atomic E-state index is 0.176. The van der Waals surface area contributed by atoms with Gasteiger partial charge < -0.3 is 52.1 Å². The number of carbonyl (C=O) groups excluding carboxylic acids is 1. The third-order valence-electron chi connectivity index (χ3n) is 13.4. The molecule has 4 aliphatic heterocycles. The van der Waals surface area contributed by atoms with E-state index in [0.29, 0.717) is 48.9 Å². The number of hydrogen-bond donors (Lipinski definition) is 1. The van der Waals surface area contributed by atoms with Crippen LogP contribution in [0.25, 0.3) is 10.9 Å². The van der Waals surface area contributed by atoms with Crippen molar-refractivity contribution in [2.24, 2.45) is 0 Å². The molecule has 0 saturated carbocycles. The summed E-state index contributed by atoms with van der Waals surface area (Å²) < 4.78 is 62.0. The maximum Gasteiger partial charge on any atom is 0.468 e. The lowest BCUT2D eigenvalue weighted by Crippen LogP contribution is -2.51. The van der Waals surface area contributed by atoms with Gasteiger partial charge in [0.05, 0.1) is 30.6 Å². The lowest BCUT2D eigenvalue weighted by molar-refractivity contribution is -0.157. The Kier molecular flexibility index (Phi) is 13.4. The molecule has 0 bridgehead atoms. The summed E-state index contributed by atoms with van der Waals surface area (Å²) in [7, 11) is -5.20. The number of ether oxygens (including phenoxy) is 3. The molecule has 72 heavy (non-hydrogen) atoms. The molecule has 11 rings (SSSR count). The van der Waals surface area contributed by atoms with Gasteiger partial charge in [-0.3, -0.25) is 4.59 Å². The molecular weight excluding hydrogens is 930 g/mol. The van der Waals surface area contributed by atoms with Crippen LogP contribution >= 0.6 is 7.60 Å². The summed E-state index contributed by atoms with van der Waals surface area (Å²) in [6.45, 7) is 7.05. The van der Waals surface area contributed by atoms with E-state index in [2.05, 4.69) is 30.3 Å². The van der Waals surface area contributed by atoms with E-state index in [0.717, 1.165) is 33.2 Å². The van der Waals surface area contributed by atoms with Gasteiger partial charge in [0.25, 0.3) is 0 Å². The average molecular weight is 985 g/mol. The number of carbonyl (C=O) groups is 1. The predicted octanol–water partition coefficient (Wildman–Crippen LogP) is 8.78. The quantitative estimate of drug-likeness (QED) is 0.0468. The van der Waals surface area contributed by atoms with Gasteiger partial charge in [-0.15, -0.1) is 0 Å². The van der Waals surface area contributed by atoms with Crippen LogP contribution in [0.1, 0.15) is 36.1 Å². The van der Waals surface area contributed by atoms with Gasteiger partial charge in [0, 0.05) is 18.5 Å². The van der Waals surface area contributed by atoms with Crippen LogP contribution in [0, 0.1) is 0 Å². The van der Waals surface area contributed by atoms with Crippen LogP contribution in [0.15, 0.2) is 164 Å². The summed E-state index contributed by atoms with van der Waals surface area (Å²) >= 11 is 0. The Balaban J connectivity index is 0.970. The molecule has 1 aromatic heterocycles. The van der Waals surface area contributed by atoms with Crippen LogP contribution in [0.2, 0.25) is 6.82 Å². The minimum Gasteiger partial charge on any atom is -0.479 e. The lowest BCUT2D eigenvalue weighted by atomic mass is 9.76. The number of rotatable bonds is 19. The summed E-state index contributed by atoms with van der Waals surface area (Å²) in [5, 5.41) is 16.6. The van der Waals surface area contributed by atoms with Crippen molar-refractivity contribution in [1.82, 2.24) is 19.5 Å². The number of para-hydroxylation sites is 2. The zero-order chi connectivity index (χ0) is 49.4. The van der Waals surface area contributed by atoms with E-state index in [1.165, 1.54) is 0 Å². The molecule has 4 atom stereocenters. The van der Waals surface area contributed by atoms with E-state index in [9.17, 15) is 9.59 Å². The van der Waals surface area contributed by atoms with E-state index >= 15 is 4.79 Å². The molecule has 6 aromatic carbocycles. The van der Waals surface area contributed by atoms with Crippen molar-refractivity contribution >= 4 is 51.5 Å². The second kappa shape index (κ2) is 20.2. The molecule has 1 N–H and O–H groups in total. The Labute approximate surface area is 420 Å². The first-order valence-corrected chi connectivity index (χ1v) is 26.2. The molecule has 2 amide bonds. The molecule has 4 aliphatic rings. The van der Waals surface area contributed by atoms with Crippen LogP contribution in [-0.2, 0) is 49.3 Å². The van der Waals surface area contributed by atoms with Gasteiger partial charge in [-0.25, -0.2) is 9.36 Å². The first kappa shape index (κ1) is 47.8. The molecule has 0 aliphatic carbocycles. The van der Waals surface area contributed by atoms with E-state index in [1.807, 2.05) is 107 Å². The fraction of sp³-hybridized carbons (Fsp3) is 0.283. The first-order valence-electron chi connectivity index (χ1n) is 24.5. The van der Waals surface area contributed by atoms with Crippen molar-refractivity contribution < 1.29 is 47.0 Å². The highest BCUT2D eigenvalue weighted by Crippen LogP contribution is 2.49. The molecule has 4 saturated heterocycles. The Morgan fingerprint density at radius 2 is 1.15 bits per heavy atom. The topological polar surface area (TPSA) is 153 Å². The molecule has 0 unspecified atom stereocenters. The van der Waals surface area contributed by atoms with Gasteiger partial charge in [0.2, 0.25) is 6.35 Å². The van der Waals surface area contributed by atoms with E-state index in [-0.39, 0.29) is 39.6 Å². The maximum absolute atomic E-state index is 16.1. The first-order chi connectivity index (χ1) is 35.0. The van der Waals surface area contributed by atoms with Crippen molar-refractivity contribution in [3.8, 4) is 17.2 Å². The zero-order valence-electron chi connectivity index (χ0n) is 40.4. The average Bonchev–Trinajstić information content (AvgIpc) is 4.33. The van der Waals surface area contributed by atoms with Crippen molar-refractivity contribution in [2.75, 3.05) is 24.1 Å². The summed E-state index contributed by atoms with van der Waals surface area (Å²) in [5.41, 5.74) is 4.48. The smallest absolute Gasteiger partial charge is 0.468 e. The number of anilines is 1. The largest absolute Gasteiger partial charge is 0.479 e. The second-order valence-corrected chi connectivity index (χ2v) is 21.0. The highest BCUT2D eigenvalue weighted by atomic mass is 31.2. The molecular formula is C53H55B3N5O10P. The Bertz CT molecular complexity index is 2990. The predicted molar refractivity (Wildman–Crippen MR) is 277 cm³/mol. The van der Waals surface area contributed by atoms with Crippen molar-refractivity contribution in [2.45, 2.75) is 76.7 Å². The summed E-state index contributed by atoms with van der Waals surface area (Å²) in [6, 6.07) is 50.4. The van der Waals surface area contributed by atoms with Gasteiger partial charge in [0.1, 0.15) is 35.3 Å². The highest BCUT2D eigenvalue weighted by Gasteiger charge is 2.56. The SMILES string of the molecule is CB(O)n1nc(N(B2CO2)B2CO2)c2cc(CN3C(=O)N(Cc4cccc(OCP(=O)(Oc5ccccc5)Oc5ccccc5)c4)[C@H](Cc4ccccc4)[C@@H]4OC(C)(C)O[C@H]4[C@H]3Cc3ccccc3)ccc21. The van der Waals surface area contributed by atoms with Crippen molar-refractivity contribution in [3.63, 3.8) is 0 Å². The lowest BCUT2D eigenvalue weighted by Gasteiger charge is -2.37.